The Balaban J connectivity index is 1.97. The average Bonchev–Trinajstić information content (AvgIpc) is 2.99. The lowest BCUT2D eigenvalue weighted by Gasteiger charge is -2.09. The molecule has 0 unspecified atom stereocenters. The zero-order valence-electron chi connectivity index (χ0n) is 13.4. The van der Waals surface area contributed by atoms with Crippen LogP contribution in [0.5, 0.6) is 0 Å². The number of aliphatic hydroxyl groups is 1. The average molecular weight is 400 g/mol. The van der Waals surface area contributed by atoms with E-state index in [2.05, 4.69) is 11.9 Å². The molecule has 2 N–H and O–H groups in total. The van der Waals surface area contributed by atoms with E-state index in [-0.39, 0.29) is 16.3 Å². The van der Waals surface area contributed by atoms with Crippen molar-refractivity contribution in [2.75, 3.05) is 5.32 Å². The van der Waals surface area contributed by atoms with Crippen LogP contribution in [0.15, 0.2) is 54.4 Å². The molecule has 7 heteroatoms. The second-order valence-corrected chi connectivity index (χ2v) is 7.22. The number of nitrogens with one attached hydrogen (secondary N) is 1. The van der Waals surface area contributed by atoms with Gasteiger partial charge in [0, 0.05) is 16.0 Å². The Morgan fingerprint density at radius 2 is 1.85 bits per heavy atom. The molecule has 1 amide bonds. The Bertz CT molecular complexity index is 999. The number of carbonyl (C=O) groups excluding carboxylic acids is 1. The second kappa shape index (κ2) is 7.58. The molecule has 0 saturated carbocycles. The number of thiophene rings is 1. The summed E-state index contributed by atoms with van der Waals surface area (Å²) >= 11 is 13.2. The topological polar surface area (TPSA) is 49.3 Å². The molecule has 0 fully saturated rings. The lowest BCUT2D eigenvalue weighted by Crippen LogP contribution is -2.12. The molecule has 3 aromatic rings. The van der Waals surface area contributed by atoms with Gasteiger partial charge in [0.2, 0.25) is 0 Å². The molecule has 0 saturated heterocycles. The monoisotopic (exact) mass is 399 g/mol. The van der Waals surface area contributed by atoms with E-state index >= 15 is 0 Å². The largest absolute Gasteiger partial charge is 0.508 e. The predicted molar refractivity (Wildman–Crippen MR) is 111 cm³/mol. The van der Waals surface area contributed by atoms with Crippen molar-refractivity contribution in [1.82, 2.24) is 0 Å². The van der Waals surface area contributed by atoms with Crippen LogP contribution in [0, 0.1) is 0 Å². The van der Waals surface area contributed by atoms with E-state index in [0.29, 0.717) is 21.0 Å². The molecule has 3 rings (SSSR count). The predicted octanol–water partition coefficient (Wildman–Crippen LogP) is 5.30. The smallest absolute Gasteiger partial charge is 0.257 e. The molecule has 128 valence electrons. The number of carbonyl (C=O) groups is 1. The van der Waals surface area contributed by atoms with Gasteiger partial charge in [-0.05, 0) is 23.8 Å². The minimum absolute atomic E-state index is 0.143. The normalized spacial score (nSPS) is 10.5. The molecule has 0 atom stereocenters. The van der Waals surface area contributed by atoms with Gasteiger partial charge in [-0.2, -0.15) is 0 Å². The third kappa shape index (κ3) is 3.80. The minimum atomic E-state index is -0.403. The zero-order chi connectivity index (χ0) is 18.8. The first-order valence-electron chi connectivity index (χ1n) is 7.49. The van der Waals surface area contributed by atoms with Crippen molar-refractivity contribution in [2.24, 2.45) is 0 Å². The third-order valence-corrected chi connectivity index (χ3v) is 5.15. The molecule has 0 aliphatic heterocycles. The van der Waals surface area contributed by atoms with Crippen LogP contribution in [0.1, 0.15) is 15.9 Å². The number of rotatable bonds is 4. The second-order valence-electron chi connectivity index (χ2n) is 5.50. The number of benzene rings is 2. The van der Waals surface area contributed by atoms with Crippen molar-refractivity contribution < 1.29 is 9.90 Å². The van der Waals surface area contributed by atoms with Crippen molar-refractivity contribution in [3.63, 3.8) is 0 Å². The van der Waals surface area contributed by atoms with Gasteiger partial charge in [0.1, 0.15) is 18.6 Å². The molecule has 26 heavy (non-hydrogen) atoms. The quantitative estimate of drug-likeness (QED) is 0.462. The molecule has 2 aromatic carbocycles. The van der Waals surface area contributed by atoms with Crippen LogP contribution in [0.3, 0.4) is 0 Å². The van der Waals surface area contributed by atoms with Crippen LogP contribution < -0.4 is 10.8 Å². The summed E-state index contributed by atoms with van der Waals surface area (Å²) in [6.45, 7) is 3.61. The van der Waals surface area contributed by atoms with Crippen molar-refractivity contribution in [3.8, 4) is 11.1 Å². The number of aliphatic hydroxyl groups excluding tert-OH is 1. The van der Waals surface area contributed by atoms with Gasteiger partial charge in [-0.25, -0.2) is 0 Å². The SMILES string of the molecule is [B]c1ccc(-c2csc(NC(=O)c3ccc(Cl)cc3Cl)c2C(=C)O)cc1. The van der Waals surface area contributed by atoms with Crippen LogP contribution in [0.4, 0.5) is 5.00 Å². The molecule has 0 spiro atoms. The molecule has 0 bridgehead atoms. The number of hydrogen-bond donors (Lipinski definition) is 2. The first kappa shape index (κ1) is 18.6. The highest BCUT2D eigenvalue weighted by Gasteiger charge is 2.19. The summed E-state index contributed by atoms with van der Waals surface area (Å²) in [7, 11) is 5.72. The maximum atomic E-state index is 12.6. The Kier molecular flexibility index (Phi) is 5.42. The summed E-state index contributed by atoms with van der Waals surface area (Å²) in [5.74, 6) is -0.546. The van der Waals surface area contributed by atoms with Gasteiger partial charge >= 0.3 is 0 Å². The molecular formula is C19H12BCl2NO2S. The van der Waals surface area contributed by atoms with E-state index in [1.807, 2.05) is 17.5 Å². The first-order chi connectivity index (χ1) is 12.4. The van der Waals surface area contributed by atoms with Crippen molar-refractivity contribution in [3.05, 3.63) is 75.6 Å². The Hall–Kier alpha value is -2.21. The van der Waals surface area contributed by atoms with E-state index in [1.54, 1.807) is 24.3 Å². The first-order valence-corrected chi connectivity index (χ1v) is 9.12. The van der Waals surface area contributed by atoms with Gasteiger partial charge in [-0.15, -0.1) is 11.3 Å². The van der Waals surface area contributed by atoms with Gasteiger partial charge in [0.15, 0.2) is 0 Å². The van der Waals surface area contributed by atoms with Crippen LogP contribution in [0.25, 0.3) is 16.9 Å². The van der Waals surface area contributed by atoms with E-state index in [0.717, 1.165) is 11.1 Å². The van der Waals surface area contributed by atoms with Crippen LogP contribution in [0.2, 0.25) is 10.0 Å². The maximum Gasteiger partial charge on any atom is 0.257 e. The summed E-state index contributed by atoms with van der Waals surface area (Å²) in [5, 5.41) is 15.8. The number of hydrogen-bond acceptors (Lipinski definition) is 3. The zero-order valence-corrected chi connectivity index (χ0v) is 15.8. The van der Waals surface area contributed by atoms with Crippen LogP contribution in [-0.4, -0.2) is 18.9 Å². The van der Waals surface area contributed by atoms with Crippen LogP contribution >= 0.6 is 34.5 Å². The Morgan fingerprint density at radius 3 is 2.46 bits per heavy atom. The molecular weight excluding hydrogens is 388 g/mol. The summed E-state index contributed by atoms with van der Waals surface area (Å²) in [5.41, 5.74) is 2.98. The molecule has 0 aliphatic carbocycles. The number of anilines is 1. The molecule has 2 radical (unpaired) electrons. The molecule has 0 aliphatic rings. The van der Waals surface area contributed by atoms with Crippen molar-refractivity contribution >= 4 is 64.5 Å². The standard InChI is InChI=1S/C19H12BCl2NO2S/c1-10(24)17-15(11-2-4-12(20)5-3-11)9-26-19(17)23-18(25)14-7-6-13(21)8-16(14)22/h2-9,24H,1H2,(H,23,25). The lowest BCUT2D eigenvalue weighted by molar-refractivity contribution is 0.102. The van der Waals surface area contributed by atoms with Gasteiger partial charge in [0.25, 0.3) is 5.91 Å². The molecule has 3 nitrogen and oxygen atoms in total. The summed E-state index contributed by atoms with van der Waals surface area (Å²) < 4.78 is 0. The highest BCUT2D eigenvalue weighted by molar-refractivity contribution is 7.15. The fraction of sp³-hybridized carbons (Fsp3) is 0. The number of halogens is 2. The van der Waals surface area contributed by atoms with E-state index < -0.39 is 5.91 Å². The van der Waals surface area contributed by atoms with E-state index in [1.165, 1.54) is 17.4 Å². The van der Waals surface area contributed by atoms with E-state index in [9.17, 15) is 9.90 Å². The van der Waals surface area contributed by atoms with Gasteiger partial charge < -0.3 is 10.4 Å². The molecule has 1 heterocycles. The van der Waals surface area contributed by atoms with Gasteiger partial charge in [0.05, 0.1) is 16.1 Å². The van der Waals surface area contributed by atoms with Gasteiger partial charge in [-0.1, -0.05) is 59.5 Å². The highest BCUT2D eigenvalue weighted by Crippen LogP contribution is 2.39. The highest BCUT2D eigenvalue weighted by atomic mass is 35.5. The summed E-state index contributed by atoms with van der Waals surface area (Å²) in [6.07, 6.45) is 0. The maximum absolute atomic E-state index is 12.6. The number of amides is 1. The lowest BCUT2D eigenvalue weighted by atomic mass is 9.93. The summed E-state index contributed by atoms with van der Waals surface area (Å²) in [4.78, 5) is 12.6. The van der Waals surface area contributed by atoms with E-state index in [4.69, 9.17) is 31.0 Å². The Morgan fingerprint density at radius 1 is 1.15 bits per heavy atom. The fourth-order valence-corrected chi connectivity index (χ4v) is 3.94. The van der Waals surface area contributed by atoms with Gasteiger partial charge in [-0.3, -0.25) is 4.79 Å². The van der Waals surface area contributed by atoms with Crippen molar-refractivity contribution in [2.45, 2.75) is 0 Å². The van der Waals surface area contributed by atoms with Crippen molar-refractivity contribution in [1.29, 1.82) is 0 Å². The summed E-state index contributed by atoms with van der Waals surface area (Å²) in [6, 6.07) is 11.8. The minimum Gasteiger partial charge on any atom is -0.508 e. The Labute approximate surface area is 166 Å². The fourth-order valence-electron chi connectivity index (χ4n) is 2.46. The third-order valence-electron chi connectivity index (χ3n) is 3.70. The molecule has 1 aromatic heterocycles. The van der Waals surface area contributed by atoms with Crippen LogP contribution in [-0.2, 0) is 0 Å².